The number of ether oxygens (including phenoxy) is 2. The van der Waals surface area contributed by atoms with E-state index in [1.54, 1.807) is 0 Å². The molecule has 1 aromatic rings. The zero-order chi connectivity index (χ0) is 15.4. The van der Waals surface area contributed by atoms with Crippen LogP contribution in [0.1, 0.15) is 37.9 Å². The maximum atomic E-state index is 12.1. The molecule has 2 amide bonds. The average Bonchev–Trinajstić information content (AvgIpc) is 2.93. The number of hydrogen-bond acceptors (Lipinski definition) is 3. The molecule has 2 N–H and O–H groups in total. The van der Waals surface area contributed by atoms with E-state index in [0.29, 0.717) is 6.61 Å². The van der Waals surface area contributed by atoms with Crippen molar-refractivity contribution in [1.29, 1.82) is 0 Å². The first kappa shape index (κ1) is 15.3. The molecule has 2 heterocycles. The summed E-state index contributed by atoms with van der Waals surface area (Å²) < 4.78 is 11.3. The van der Waals surface area contributed by atoms with Gasteiger partial charge in [-0.1, -0.05) is 30.3 Å². The van der Waals surface area contributed by atoms with Gasteiger partial charge in [0.2, 0.25) is 0 Å². The Morgan fingerprint density at radius 2 is 1.86 bits per heavy atom. The second kappa shape index (κ2) is 7.11. The lowest BCUT2D eigenvalue weighted by Crippen LogP contribution is -2.49. The third-order valence-electron chi connectivity index (χ3n) is 4.48. The fourth-order valence-corrected chi connectivity index (χ4v) is 3.14. The van der Waals surface area contributed by atoms with Crippen LogP contribution in [0.15, 0.2) is 30.3 Å². The monoisotopic (exact) mass is 304 g/mol. The molecule has 22 heavy (non-hydrogen) atoms. The lowest BCUT2D eigenvalue weighted by molar-refractivity contribution is 0.00215. The molecule has 5 nitrogen and oxygen atoms in total. The van der Waals surface area contributed by atoms with Gasteiger partial charge in [0.25, 0.3) is 0 Å². The van der Waals surface area contributed by atoms with Crippen molar-refractivity contribution in [3.63, 3.8) is 0 Å². The Labute approximate surface area is 131 Å². The van der Waals surface area contributed by atoms with Crippen molar-refractivity contribution in [2.24, 2.45) is 0 Å². The molecule has 2 aliphatic heterocycles. The van der Waals surface area contributed by atoms with E-state index in [4.69, 9.17) is 9.47 Å². The van der Waals surface area contributed by atoms with Crippen LogP contribution in [0.4, 0.5) is 4.79 Å². The Morgan fingerprint density at radius 3 is 2.59 bits per heavy atom. The Kier molecular flexibility index (Phi) is 4.95. The van der Waals surface area contributed by atoms with Gasteiger partial charge in [0.05, 0.1) is 18.2 Å². The van der Waals surface area contributed by atoms with Crippen molar-refractivity contribution in [2.45, 2.75) is 50.5 Å². The van der Waals surface area contributed by atoms with Gasteiger partial charge in [-0.25, -0.2) is 4.79 Å². The molecule has 3 rings (SSSR count). The Bertz CT molecular complexity index is 494. The molecule has 120 valence electrons. The van der Waals surface area contributed by atoms with Gasteiger partial charge in [0.15, 0.2) is 0 Å². The highest BCUT2D eigenvalue weighted by molar-refractivity contribution is 5.74. The fraction of sp³-hybridized carbons (Fsp3) is 0.588. The topological polar surface area (TPSA) is 59.6 Å². The average molecular weight is 304 g/mol. The number of nitrogens with one attached hydrogen (secondary N) is 2. The van der Waals surface area contributed by atoms with Crippen molar-refractivity contribution >= 4 is 6.03 Å². The van der Waals surface area contributed by atoms with Crippen LogP contribution in [0.2, 0.25) is 0 Å². The summed E-state index contributed by atoms with van der Waals surface area (Å²) in [5, 5.41) is 6.10. The predicted molar refractivity (Wildman–Crippen MR) is 83.6 cm³/mol. The number of rotatable bonds is 3. The molecule has 0 spiro atoms. The van der Waals surface area contributed by atoms with Crippen LogP contribution in [-0.4, -0.2) is 37.4 Å². The first-order chi connectivity index (χ1) is 10.7. The molecule has 0 bridgehead atoms. The molecule has 2 fully saturated rings. The van der Waals surface area contributed by atoms with Gasteiger partial charge >= 0.3 is 6.03 Å². The van der Waals surface area contributed by atoms with Crippen LogP contribution >= 0.6 is 0 Å². The number of hydrogen-bond donors (Lipinski definition) is 2. The van der Waals surface area contributed by atoms with Crippen molar-refractivity contribution in [3.05, 3.63) is 35.9 Å². The third-order valence-corrected chi connectivity index (χ3v) is 4.48. The van der Waals surface area contributed by atoms with Crippen molar-refractivity contribution in [3.8, 4) is 0 Å². The summed E-state index contributed by atoms with van der Waals surface area (Å²) >= 11 is 0. The quantitative estimate of drug-likeness (QED) is 0.901. The summed E-state index contributed by atoms with van der Waals surface area (Å²) in [5.41, 5.74) is 1.17. The van der Waals surface area contributed by atoms with Gasteiger partial charge in [0.1, 0.15) is 0 Å². The fourth-order valence-electron chi connectivity index (χ4n) is 3.14. The first-order valence-corrected chi connectivity index (χ1v) is 8.07. The maximum absolute atomic E-state index is 12.1. The van der Waals surface area contributed by atoms with Gasteiger partial charge < -0.3 is 20.1 Å². The molecule has 0 saturated carbocycles. The molecule has 0 radical (unpaired) electrons. The van der Waals surface area contributed by atoms with E-state index >= 15 is 0 Å². The minimum atomic E-state index is -0.0962. The molecule has 4 atom stereocenters. The maximum Gasteiger partial charge on any atom is 0.315 e. The highest BCUT2D eigenvalue weighted by atomic mass is 16.5. The summed E-state index contributed by atoms with van der Waals surface area (Å²) in [7, 11) is 0. The first-order valence-electron chi connectivity index (χ1n) is 8.07. The van der Waals surface area contributed by atoms with Crippen molar-refractivity contribution in [2.75, 3.05) is 13.2 Å². The van der Waals surface area contributed by atoms with Gasteiger partial charge in [-0.05, 0) is 31.7 Å². The van der Waals surface area contributed by atoms with Crippen LogP contribution in [0.5, 0.6) is 0 Å². The SMILES string of the molecule is C[C@@H]1OCC[C@@H]1NC(=O)N[C@@H]1CCO[C@H](c2ccccc2)C1. The zero-order valence-electron chi connectivity index (χ0n) is 13.0. The molecule has 0 aliphatic carbocycles. The van der Waals surface area contributed by atoms with E-state index in [9.17, 15) is 4.79 Å². The Hall–Kier alpha value is -1.59. The molecule has 2 aliphatic rings. The second-order valence-corrected chi connectivity index (χ2v) is 6.08. The normalized spacial score (nSPS) is 31.7. The number of benzene rings is 1. The summed E-state index contributed by atoms with van der Waals surface area (Å²) in [6.07, 6.45) is 2.71. The molecule has 1 aromatic carbocycles. The standard InChI is InChI=1S/C17H24N2O3/c1-12-15(8-10-21-12)19-17(20)18-14-7-9-22-16(11-14)13-5-3-2-4-6-13/h2-6,12,14-16H,7-11H2,1H3,(H2,18,19,20)/t12-,14+,15-,16-/m0/s1. The van der Waals surface area contributed by atoms with E-state index in [1.165, 1.54) is 5.56 Å². The van der Waals surface area contributed by atoms with E-state index in [1.807, 2.05) is 25.1 Å². The minimum Gasteiger partial charge on any atom is -0.376 e. The molecular weight excluding hydrogens is 280 g/mol. The van der Waals surface area contributed by atoms with Gasteiger partial charge in [-0.15, -0.1) is 0 Å². The second-order valence-electron chi connectivity index (χ2n) is 6.08. The van der Waals surface area contributed by atoms with Crippen LogP contribution in [0.25, 0.3) is 0 Å². The van der Waals surface area contributed by atoms with E-state index in [-0.39, 0.29) is 30.3 Å². The summed E-state index contributed by atoms with van der Waals surface area (Å²) in [5.74, 6) is 0. The van der Waals surface area contributed by atoms with E-state index in [0.717, 1.165) is 25.9 Å². The van der Waals surface area contributed by atoms with E-state index < -0.39 is 0 Å². The Morgan fingerprint density at radius 1 is 1.09 bits per heavy atom. The lowest BCUT2D eigenvalue weighted by Gasteiger charge is -2.31. The highest BCUT2D eigenvalue weighted by Gasteiger charge is 2.28. The minimum absolute atomic E-state index is 0.0639. The van der Waals surface area contributed by atoms with Crippen molar-refractivity contribution in [1.82, 2.24) is 10.6 Å². The predicted octanol–water partition coefficient (Wildman–Crippen LogP) is 2.38. The van der Waals surface area contributed by atoms with E-state index in [2.05, 4.69) is 22.8 Å². The number of urea groups is 1. The largest absolute Gasteiger partial charge is 0.376 e. The van der Waals surface area contributed by atoms with Crippen LogP contribution in [0, 0.1) is 0 Å². The molecule has 5 heteroatoms. The summed E-state index contributed by atoms with van der Waals surface area (Å²) in [4.78, 5) is 12.1. The summed E-state index contributed by atoms with van der Waals surface area (Å²) in [6, 6.07) is 10.4. The smallest absolute Gasteiger partial charge is 0.315 e. The third kappa shape index (κ3) is 3.78. The van der Waals surface area contributed by atoms with Crippen molar-refractivity contribution < 1.29 is 14.3 Å². The number of carbonyl (C=O) groups excluding carboxylic acids is 1. The molecule has 0 aromatic heterocycles. The Balaban J connectivity index is 1.51. The van der Waals surface area contributed by atoms with Gasteiger partial charge in [0, 0.05) is 19.3 Å². The lowest BCUT2D eigenvalue weighted by atomic mass is 9.97. The molecule has 0 unspecified atom stereocenters. The summed E-state index contributed by atoms with van der Waals surface area (Å²) in [6.45, 7) is 3.39. The zero-order valence-corrected chi connectivity index (χ0v) is 13.0. The van der Waals surface area contributed by atoms with Crippen LogP contribution in [-0.2, 0) is 9.47 Å². The molecule has 2 saturated heterocycles. The van der Waals surface area contributed by atoms with Gasteiger partial charge in [-0.3, -0.25) is 0 Å². The van der Waals surface area contributed by atoms with Crippen LogP contribution in [0.3, 0.4) is 0 Å². The number of amides is 2. The highest BCUT2D eigenvalue weighted by Crippen LogP contribution is 2.27. The van der Waals surface area contributed by atoms with Crippen LogP contribution < -0.4 is 10.6 Å². The molecular formula is C17H24N2O3. The van der Waals surface area contributed by atoms with Gasteiger partial charge in [-0.2, -0.15) is 0 Å². The number of carbonyl (C=O) groups is 1.